The Labute approximate surface area is 58.3 Å². The topological polar surface area (TPSA) is 32.3 Å². The van der Waals surface area contributed by atoms with Crippen LogP contribution in [0.5, 0.6) is 0 Å². The van der Waals surface area contributed by atoms with Crippen LogP contribution in [-0.2, 0) is 0 Å². The second-order valence-corrected chi connectivity index (χ2v) is 1.91. The van der Waals surface area contributed by atoms with Crippen LogP contribution >= 0.6 is 0 Å². The van der Waals surface area contributed by atoms with Crippen LogP contribution in [0.3, 0.4) is 0 Å². The standard InChI is InChI=1S/C5H13N.C2H6O/c1-4-5(2)6-3;1-2-3/h5-6H,4H2,1-3H3;3H,2H2,1H3. The van der Waals surface area contributed by atoms with Crippen LogP contribution in [0.1, 0.15) is 27.2 Å². The maximum Gasteiger partial charge on any atom is 0.0402 e. The smallest absolute Gasteiger partial charge is 0.0402 e. The summed E-state index contributed by atoms with van der Waals surface area (Å²) in [5.74, 6) is 0. The van der Waals surface area contributed by atoms with E-state index in [1.807, 2.05) is 7.05 Å². The lowest BCUT2D eigenvalue weighted by molar-refractivity contribution is 0.318. The summed E-state index contributed by atoms with van der Waals surface area (Å²) in [6, 6.07) is 0.685. The first kappa shape index (κ1) is 11.7. The van der Waals surface area contributed by atoms with Crippen molar-refractivity contribution in [3.05, 3.63) is 0 Å². The van der Waals surface area contributed by atoms with E-state index in [1.54, 1.807) is 6.92 Å². The molecule has 9 heavy (non-hydrogen) atoms. The van der Waals surface area contributed by atoms with E-state index < -0.39 is 0 Å². The minimum Gasteiger partial charge on any atom is -0.397 e. The van der Waals surface area contributed by atoms with E-state index in [2.05, 4.69) is 19.2 Å². The van der Waals surface area contributed by atoms with E-state index >= 15 is 0 Å². The van der Waals surface area contributed by atoms with E-state index in [9.17, 15) is 0 Å². The zero-order valence-electron chi connectivity index (χ0n) is 6.94. The Hall–Kier alpha value is -0.0800. The van der Waals surface area contributed by atoms with Crippen molar-refractivity contribution in [3.63, 3.8) is 0 Å². The third-order valence-electron chi connectivity index (χ3n) is 1.11. The van der Waals surface area contributed by atoms with Crippen molar-refractivity contribution in [1.82, 2.24) is 5.32 Å². The molecule has 0 rings (SSSR count). The molecule has 2 nitrogen and oxygen atoms in total. The molecular formula is C7H19NO. The van der Waals surface area contributed by atoms with Crippen molar-refractivity contribution < 1.29 is 5.11 Å². The molecule has 1 atom stereocenters. The van der Waals surface area contributed by atoms with Crippen molar-refractivity contribution in [2.45, 2.75) is 33.2 Å². The second kappa shape index (κ2) is 10.8. The summed E-state index contributed by atoms with van der Waals surface area (Å²) >= 11 is 0. The number of aliphatic hydroxyl groups excluding tert-OH is 1. The largest absolute Gasteiger partial charge is 0.397 e. The van der Waals surface area contributed by atoms with Gasteiger partial charge in [0.1, 0.15) is 0 Å². The molecular weight excluding hydrogens is 114 g/mol. The van der Waals surface area contributed by atoms with Gasteiger partial charge in [0.2, 0.25) is 0 Å². The molecule has 0 aliphatic heterocycles. The minimum absolute atomic E-state index is 0.250. The van der Waals surface area contributed by atoms with Gasteiger partial charge in [0.25, 0.3) is 0 Å². The molecule has 58 valence electrons. The van der Waals surface area contributed by atoms with Gasteiger partial charge < -0.3 is 10.4 Å². The lowest BCUT2D eigenvalue weighted by Gasteiger charge is -2.02. The third kappa shape index (κ3) is 18.1. The molecule has 0 fully saturated rings. The van der Waals surface area contributed by atoms with E-state index in [0.717, 1.165) is 0 Å². The van der Waals surface area contributed by atoms with Gasteiger partial charge in [-0.05, 0) is 27.3 Å². The van der Waals surface area contributed by atoms with Gasteiger partial charge in [-0.1, -0.05) is 6.92 Å². The Balaban J connectivity index is 0. The summed E-state index contributed by atoms with van der Waals surface area (Å²) in [5.41, 5.74) is 0. The summed E-state index contributed by atoms with van der Waals surface area (Å²) in [5, 5.41) is 10.7. The summed E-state index contributed by atoms with van der Waals surface area (Å²) < 4.78 is 0. The highest BCUT2D eigenvalue weighted by molar-refractivity contribution is 4.49. The van der Waals surface area contributed by atoms with Crippen LogP contribution in [0.25, 0.3) is 0 Å². The summed E-state index contributed by atoms with van der Waals surface area (Å²) in [6.45, 7) is 6.27. The maximum absolute atomic E-state index is 7.57. The predicted molar refractivity (Wildman–Crippen MR) is 41.6 cm³/mol. The van der Waals surface area contributed by atoms with Crippen molar-refractivity contribution in [2.75, 3.05) is 13.7 Å². The lowest BCUT2D eigenvalue weighted by Crippen LogP contribution is -2.19. The summed E-state index contributed by atoms with van der Waals surface area (Å²) in [6.07, 6.45) is 1.22. The van der Waals surface area contributed by atoms with Crippen molar-refractivity contribution in [1.29, 1.82) is 0 Å². The predicted octanol–water partition coefficient (Wildman–Crippen LogP) is 1.00. The minimum atomic E-state index is 0.250. The van der Waals surface area contributed by atoms with Crippen molar-refractivity contribution in [2.24, 2.45) is 0 Å². The molecule has 0 amide bonds. The average Bonchev–Trinajstić information content (AvgIpc) is 1.88. The Bertz CT molecular complexity index is 35.9. The first-order valence-corrected chi connectivity index (χ1v) is 3.50. The van der Waals surface area contributed by atoms with Crippen LogP contribution in [0, 0.1) is 0 Å². The number of hydrogen-bond donors (Lipinski definition) is 2. The molecule has 0 spiro atoms. The van der Waals surface area contributed by atoms with Gasteiger partial charge in [-0.25, -0.2) is 0 Å². The second-order valence-electron chi connectivity index (χ2n) is 1.91. The van der Waals surface area contributed by atoms with Crippen molar-refractivity contribution >= 4 is 0 Å². The van der Waals surface area contributed by atoms with Gasteiger partial charge in [-0.2, -0.15) is 0 Å². The quantitative estimate of drug-likeness (QED) is 0.589. The monoisotopic (exact) mass is 133 g/mol. The lowest BCUT2D eigenvalue weighted by atomic mass is 10.3. The highest BCUT2D eigenvalue weighted by atomic mass is 16.2. The molecule has 2 N–H and O–H groups in total. The molecule has 0 aliphatic rings. The molecule has 0 saturated heterocycles. The first-order chi connectivity index (χ1) is 4.22. The molecule has 0 radical (unpaired) electrons. The molecule has 0 aromatic heterocycles. The van der Waals surface area contributed by atoms with E-state index in [0.29, 0.717) is 6.04 Å². The number of nitrogens with one attached hydrogen (secondary N) is 1. The molecule has 0 saturated carbocycles. The van der Waals surface area contributed by atoms with Crippen LogP contribution in [0.4, 0.5) is 0 Å². The highest BCUT2D eigenvalue weighted by Gasteiger charge is 1.86. The molecule has 1 unspecified atom stereocenters. The molecule has 2 heteroatoms. The molecule has 0 aromatic rings. The molecule has 0 bridgehead atoms. The van der Waals surface area contributed by atoms with Gasteiger partial charge in [-0.3, -0.25) is 0 Å². The van der Waals surface area contributed by atoms with Gasteiger partial charge in [0, 0.05) is 12.6 Å². The van der Waals surface area contributed by atoms with Gasteiger partial charge in [-0.15, -0.1) is 0 Å². The average molecular weight is 133 g/mol. The van der Waals surface area contributed by atoms with Crippen LogP contribution in [0.2, 0.25) is 0 Å². The van der Waals surface area contributed by atoms with E-state index in [-0.39, 0.29) is 6.61 Å². The van der Waals surface area contributed by atoms with E-state index in [1.165, 1.54) is 6.42 Å². The normalized spacial score (nSPS) is 11.7. The van der Waals surface area contributed by atoms with Crippen LogP contribution in [0.15, 0.2) is 0 Å². The molecule has 0 heterocycles. The van der Waals surface area contributed by atoms with Crippen LogP contribution < -0.4 is 5.32 Å². The molecule has 0 aromatic carbocycles. The summed E-state index contributed by atoms with van der Waals surface area (Å²) in [7, 11) is 1.98. The Morgan fingerprint density at radius 2 is 1.78 bits per heavy atom. The zero-order chi connectivity index (χ0) is 7.70. The molecule has 0 aliphatic carbocycles. The number of rotatable bonds is 2. The number of aliphatic hydroxyl groups is 1. The Morgan fingerprint density at radius 1 is 1.44 bits per heavy atom. The highest BCUT2D eigenvalue weighted by Crippen LogP contribution is 1.82. The van der Waals surface area contributed by atoms with E-state index in [4.69, 9.17) is 5.11 Å². The van der Waals surface area contributed by atoms with Gasteiger partial charge in [0.05, 0.1) is 0 Å². The zero-order valence-corrected chi connectivity index (χ0v) is 6.94. The fourth-order valence-corrected chi connectivity index (χ4v) is 0.204. The van der Waals surface area contributed by atoms with Crippen molar-refractivity contribution in [3.8, 4) is 0 Å². The van der Waals surface area contributed by atoms with Crippen LogP contribution in [-0.4, -0.2) is 24.8 Å². The Morgan fingerprint density at radius 3 is 1.78 bits per heavy atom. The summed E-state index contributed by atoms with van der Waals surface area (Å²) in [4.78, 5) is 0. The Kier molecular flexibility index (Phi) is 14.0. The first-order valence-electron chi connectivity index (χ1n) is 3.50. The fraction of sp³-hybridized carbons (Fsp3) is 1.00. The number of hydrogen-bond acceptors (Lipinski definition) is 2. The van der Waals surface area contributed by atoms with Gasteiger partial charge in [0.15, 0.2) is 0 Å². The maximum atomic E-state index is 7.57. The van der Waals surface area contributed by atoms with Gasteiger partial charge >= 0.3 is 0 Å². The fourth-order valence-electron chi connectivity index (χ4n) is 0.204. The SMILES string of the molecule is CCC(C)NC.CCO. The third-order valence-corrected chi connectivity index (χ3v) is 1.11.